The molecule has 2 rings (SSSR count). The van der Waals surface area contributed by atoms with E-state index >= 15 is 0 Å². The van der Waals surface area contributed by atoms with Crippen molar-refractivity contribution >= 4 is 11.9 Å². The number of aliphatic imine (C=N–C) groups is 1. The van der Waals surface area contributed by atoms with Crippen LogP contribution in [0, 0.1) is 0 Å². The average molecular weight is 212 g/mol. The van der Waals surface area contributed by atoms with Crippen molar-refractivity contribution in [1.29, 1.82) is 0 Å². The van der Waals surface area contributed by atoms with Gasteiger partial charge in [0, 0.05) is 24.0 Å². The predicted octanol–water partition coefficient (Wildman–Crippen LogP) is 2.84. The quantitative estimate of drug-likeness (QED) is 0.733. The Morgan fingerprint density at radius 3 is 2.56 bits per heavy atom. The highest BCUT2D eigenvalue weighted by Crippen LogP contribution is 2.10. The van der Waals surface area contributed by atoms with Crippen LogP contribution in [-0.4, -0.2) is 18.3 Å². The molecule has 0 N–H and O–H groups in total. The summed E-state index contributed by atoms with van der Waals surface area (Å²) in [5.74, 6) is 0.608. The Balaban J connectivity index is 2.12. The van der Waals surface area contributed by atoms with E-state index in [1.54, 1.807) is 19.5 Å². The maximum atomic E-state index is 4.98. The molecule has 0 spiro atoms. The molecule has 3 heteroatoms. The SMILES string of the molecule is COc1ccc(C=Nc2ccccc2)cn1. The molecule has 0 amide bonds. The van der Waals surface area contributed by atoms with Gasteiger partial charge in [-0.1, -0.05) is 18.2 Å². The fourth-order valence-electron chi connectivity index (χ4n) is 1.25. The number of ether oxygens (including phenoxy) is 1. The number of nitrogens with zero attached hydrogens (tertiary/aromatic N) is 2. The van der Waals surface area contributed by atoms with E-state index in [1.165, 1.54) is 0 Å². The Labute approximate surface area is 94.4 Å². The Morgan fingerprint density at radius 1 is 1.12 bits per heavy atom. The minimum Gasteiger partial charge on any atom is -0.481 e. The van der Waals surface area contributed by atoms with Crippen LogP contribution >= 0.6 is 0 Å². The van der Waals surface area contributed by atoms with E-state index in [9.17, 15) is 0 Å². The predicted molar refractivity (Wildman–Crippen MR) is 64.5 cm³/mol. The molecular weight excluding hydrogens is 200 g/mol. The molecule has 16 heavy (non-hydrogen) atoms. The number of para-hydroxylation sites is 1. The smallest absolute Gasteiger partial charge is 0.212 e. The van der Waals surface area contributed by atoms with Crippen LogP contribution in [0.4, 0.5) is 5.69 Å². The van der Waals surface area contributed by atoms with Crippen molar-refractivity contribution in [3.63, 3.8) is 0 Å². The van der Waals surface area contributed by atoms with Crippen LogP contribution in [0.25, 0.3) is 0 Å². The van der Waals surface area contributed by atoms with Crippen molar-refractivity contribution in [1.82, 2.24) is 4.98 Å². The number of hydrogen-bond acceptors (Lipinski definition) is 3. The maximum Gasteiger partial charge on any atom is 0.212 e. The first-order valence-corrected chi connectivity index (χ1v) is 4.97. The zero-order chi connectivity index (χ0) is 11.2. The normalized spacial score (nSPS) is 10.6. The first kappa shape index (κ1) is 10.4. The van der Waals surface area contributed by atoms with Crippen molar-refractivity contribution in [2.45, 2.75) is 0 Å². The van der Waals surface area contributed by atoms with Crippen LogP contribution in [0.3, 0.4) is 0 Å². The first-order valence-electron chi connectivity index (χ1n) is 4.97. The largest absolute Gasteiger partial charge is 0.481 e. The van der Waals surface area contributed by atoms with E-state index in [0.717, 1.165) is 11.3 Å². The van der Waals surface area contributed by atoms with Gasteiger partial charge in [-0.05, 0) is 18.2 Å². The van der Waals surface area contributed by atoms with Gasteiger partial charge in [0.2, 0.25) is 5.88 Å². The van der Waals surface area contributed by atoms with Gasteiger partial charge in [-0.2, -0.15) is 0 Å². The van der Waals surface area contributed by atoms with Gasteiger partial charge in [-0.15, -0.1) is 0 Å². The fraction of sp³-hybridized carbons (Fsp3) is 0.0769. The number of aromatic nitrogens is 1. The van der Waals surface area contributed by atoms with Crippen molar-refractivity contribution < 1.29 is 4.74 Å². The number of rotatable bonds is 3. The van der Waals surface area contributed by atoms with E-state index in [-0.39, 0.29) is 0 Å². The highest BCUT2D eigenvalue weighted by Gasteiger charge is 1.92. The molecule has 0 atom stereocenters. The summed E-state index contributed by atoms with van der Waals surface area (Å²) >= 11 is 0. The molecular formula is C13H12N2O. The molecule has 1 aromatic carbocycles. The maximum absolute atomic E-state index is 4.98. The van der Waals surface area contributed by atoms with E-state index in [0.29, 0.717) is 5.88 Å². The topological polar surface area (TPSA) is 34.5 Å². The molecule has 0 unspecified atom stereocenters. The number of methoxy groups -OCH3 is 1. The second kappa shape index (κ2) is 5.07. The molecule has 0 aliphatic rings. The average Bonchev–Trinajstić information content (AvgIpc) is 2.38. The summed E-state index contributed by atoms with van der Waals surface area (Å²) in [6.07, 6.45) is 3.51. The van der Waals surface area contributed by atoms with Gasteiger partial charge in [0.15, 0.2) is 0 Å². The highest BCUT2D eigenvalue weighted by atomic mass is 16.5. The molecule has 0 saturated carbocycles. The monoisotopic (exact) mass is 212 g/mol. The molecule has 0 fully saturated rings. The van der Waals surface area contributed by atoms with Crippen LogP contribution in [0.1, 0.15) is 5.56 Å². The molecule has 80 valence electrons. The summed E-state index contributed by atoms with van der Waals surface area (Å²) in [5, 5.41) is 0. The number of benzene rings is 1. The zero-order valence-electron chi connectivity index (χ0n) is 9.00. The molecule has 0 bridgehead atoms. The number of pyridine rings is 1. The second-order valence-electron chi connectivity index (χ2n) is 3.23. The van der Waals surface area contributed by atoms with Crippen LogP contribution in [-0.2, 0) is 0 Å². The molecule has 0 aliphatic heterocycles. The molecule has 1 aromatic heterocycles. The van der Waals surface area contributed by atoms with E-state index in [1.807, 2.05) is 42.5 Å². The Kier molecular flexibility index (Phi) is 3.28. The van der Waals surface area contributed by atoms with E-state index in [2.05, 4.69) is 9.98 Å². The zero-order valence-corrected chi connectivity index (χ0v) is 9.00. The Bertz CT molecular complexity index is 463. The summed E-state index contributed by atoms with van der Waals surface area (Å²) < 4.78 is 4.98. The third kappa shape index (κ3) is 2.67. The van der Waals surface area contributed by atoms with Gasteiger partial charge in [0.25, 0.3) is 0 Å². The summed E-state index contributed by atoms with van der Waals surface area (Å²) in [7, 11) is 1.60. The van der Waals surface area contributed by atoms with Crippen LogP contribution in [0.15, 0.2) is 53.7 Å². The molecule has 0 aliphatic carbocycles. The molecule has 1 heterocycles. The highest BCUT2D eigenvalue weighted by molar-refractivity contribution is 5.81. The van der Waals surface area contributed by atoms with Gasteiger partial charge in [0.05, 0.1) is 12.8 Å². The molecule has 0 saturated heterocycles. The minimum atomic E-state index is 0.608. The molecule has 3 nitrogen and oxygen atoms in total. The Morgan fingerprint density at radius 2 is 1.94 bits per heavy atom. The first-order chi connectivity index (χ1) is 7.88. The van der Waals surface area contributed by atoms with Crippen molar-refractivity contribution in [3.05, 3.63) is 54.2 Å². The summed E-state index contributed by atoms with van der Waals surface area (Å²) in [4.78, 5) is 8.42. The van der Waals surface area contributed by atoms with Crippen molar-refractivity contribution in [2.75, 3.05) is 7.11 Å². The Hall–Kier alpha value is -2.16. The van der Waals surface area contributed by atoms with Gasteiger partial charge in [0.1, 0.15) is 0 Å². The van der Waals surface area contributed by atoms with Gasteiger partial charge in [-0.3, -0.25) is 4.99 Å². The fourth-order valence-corrected chi connectivity index (χ4v) is 1.25. The third-order valence-corrected chi connectivity index (χ3v) is 2.09. The van der Waals surface area contributed by atoms with Gasteiger partial charge in [-0.25, -0.2) is 4.98 Å². The van der Waals surface area contributed by atoms with E-state index in [4.69, 9.17) is 4.74 Å². The summed E-state index contributed by atoms with van der Waals surface area (Å²) in [6, 6.07) is 13.5. The summed E-state index contributed by atoms with van der Waals surface area (Å²) in [5.41, 5.74) is 1.88. The van der Waals surface area contributed by atoms with Gasteiger partial charge < -0.3 is 4.74 Å². The van der Waals surface area contributed by atoms with Gasteiger partial charge >= 0.3 is 0 Å². The number of hydrogen-bond donors (Lipinski definition) is 0. The lowest BCUT2D eigenvalue weighted by atomic mass is 10.3. The molecule has 0 radical (unpaired) electrons. The molecule has 2 aromatic rings. The lowest BCUT2D eigenvalue weighted by Gasteiger charge is -1.97. The van der Waals surface area contributed by atoms with E-state index < -0.39 is 0 Å². The van der Waals surface area contributed by atoms with Crippen LogP contribution < -0.4 is 4.74 Å². The van der Waals surface area contributed by atoms with Crippen molar-refractivity contribution in [2.24, 2.45) is 4.99 Å². The summed E-state index contributed by atoms with van der Waals surface area (Å²) in [6.45, 7) is 0. The van der Waals surface area contributed by atoms with Crippen LogP contribution in [0.5, 0.6) is 5.88 Å². The lowest BCUT2D eigenvalue weighted by molar-refractivity contribution is 0.398. The second-order valence-corrected chi connectivity index (χ2v) is 3.23. The standard InChI is InChI=1S/C13H12N2O/c1-16-13-8-7-11(10-15-13)9-14-12-5-3-2-4-6-12/h2-10H,1H3. The van der Waals surface area contributed by atoms with Crippen LogP contribution in [0.2, 0.25) is 0 Å². The minimum absolute atomic E-state index is 0.608. The third-order valence-electron chi connectivity index (χ3n) is 2.09. The van der Waals surface area contributed by atoms with Crippen molar-refractivity contribution in [3.8, 4) is 5.88 Å². The lowest BCUT2D eigenvalue weighted by Crippen LogP contribution is -1.88.